The zero-order valence-electron chi connectivity index (χ0n) is 20.2. The molecule has 0 N–H and O–H groups in total. The summed E-state index contributed by atoms with van der Waals surface area (Å²) in [4.78, 5) is 20.7. The largest absolute Gasteiger partial charge is 0.345 e. The van der Waals surface area contributed by atoms with Crippen LogP contribution in [0.4, 0.5) is 20.2 Å². The van der Waals surface area contributed by atoms with Gasteiger partial charge in [0.25, 0.3) is 5.56 Å². The van der Waals surface area contributed by atoms with E-state index in [0.29, 0.717) is 27.9 Å². The average molecular weight is 482 g/mol. The Morgan fingerprint density at radius 3 is 1.83 bits per heavy atom. The standard InChI is InChI=1S/C30H25F2N3O/c1-19-4-14-25(15-5-19)34(3)26-16-17-28-27(18-26)30(36)35(20(2)33-28)29(21-6-10-23(31)11-7-21)22-8-12-24(32)13-9-22/h4-18,29H,1-3H3. The minimum atomic E-state index is -0.603. The van der Waals surface area contributed by atoms with Crippen LogP contribution in [0.25, 0.3) is 10.9 Å². The fourth-order valence-electron chi connectivity index (χ4n) is 4.51. The van der Waals surface area contributed by atoms with Gasteiger partial charge in [0.15, 0.2) is 0 Å². The molecule has 0 aliphatic carbocycles. The smallest absolute Gasteiger partial charge is 0.262 e. The van der Waals surface area contributed by atoms with Crippen LogP contribution in [0.3, 0.4) is 0 Å². The number of benzene rings is 4. The van der Waals surface area contributed by atoms with Gasteiger partial charge in [0.1, 0.15) is 17.5 Å². The lowest BCUT2D eigenvalue weighted by molar-refractivity contribution is 0.602. The molecular weight excluding hydrogens is 456 g/mol. The molecule has 0 fully saturated rings. The predicted octanol–water partition coefficient (Wildman–Crippen LogP) is 6.70. The first-order valence-corrected chi connectivity index (χ1v) is 11.7. The van der Waals surface area contributed by atoms with Crippen molar-refractivity contribution in [2.45, 2.75) is 19.9 Å². The van der Waals surface area contributed by atoms with Crippen molar-refractivity contribution in [2.24, 2.45) is 0 Å². The van der Waals surface area contributed by atoms with E-state index >= 15 is 0 Å². The van der Waals surface area contributed by atoms with Crippen LogP contribution in [-0.2, 0) is 0 Å². The summed E-state index contributed by atoms with van der Waals surface area (Å²) in [5, 5.41) is 0.464. The van der Waals surface area contributed by atoms with Crippen LogP contribution in [0.2, 0.25) is 0 Å². The Morgan fingerprint density at radius 2 is 1.28 bits per heavy atom. The van der Waals surface area contributed by atoms with Gasteiger partial charge in [0.05, 0.1) is 16.9 Å². The van der Waals surface area contributed by atoms with Crippen LogP contribution in [0.1, 0.15) is 28.6 Å². The van der Waals surface area contributed by atoms with Gasteiger partial charge in [0.2, 0.25) is 0 Å². The molecule has 0 saturated heterocycles. The Balaban J connectivity index is 1.69. The van der Waals surface area contributed by atoms with Crippen LogP contribution in [-0.4, -0.2) is 16.6 Å². The summed E-state index contributed by atoms with van der Waals surface area (Å²) in [6.07, 6.45) is 0. The molecule has 1 heterocycles. The minimum absolute atomic E-state index is 0.227. The normalized spacial score (nSPS) is 11.3. The van der Waals surface area contributed by atoms with Crippen LogP contribution in [0, 0.1) is 25.5 Å². The third kappa shape index (κ3) is 4.38. The number of nitrogens with zero attached hydrogens (tertiary/aromatic N) is 3. The van der Waals surface area contributed by atoms with Crippen LogP contribution >= 0.6 is 0 Å². The molecule has 6 heteroatoms. The topological polar surface area (TPSA) is 38.1 Å². The Morgan fingerprint density at radius 1 is 0.750 bits per heavy atom. The fourth-order valence-corrected chi connectivity index (χ4v) is 4.51. The number of fused-ring (bicyclic) bond motifs is 1. The zero-order valence-corrected chi connectivity index (χ0v) is 20.2. The molecule has 1 aromatic heterocycles. The van der Waals surface area contributed by atoms with Gasteiger partial charge in [-0.1, -0.05) is 42.0 Å². The van der Waals surface area contributed by atoms with Gasteiger partial charge < -0.3 is 4.90 Å². The van der Waals surface area contributed by atoms with Gasteiger partial charge >= 0.3 is 0 Å². The van der Waals surface area contributed by atoms with Gasteiger partial charge in [0, 0.05) is 18.4 Å². The molecule has 0 amide bonds. The number of anilines is 2. The number of rotatable bonds is 5. The van der Waals surface area contributed by atoms with Crippen molar-refractivity contribution >= 4 is 22.3 Å². The van der Waals surface area contributed by atoms with Gasteiger partial charge in [-0.2, -0.15) is 0 Å². The molecular formula is C30H25F2N3O. The molecule has 4 nitrogen and oxygen atoms in total. The van der Waals surface area contributed by atoms with Crippen molar-refractivity contribution in [1.82, 2.24) is 9.55 Å². The van der Waals surface area contributed by atoms with Crippen LogP contribution in [0.5, 0.6) is 0 Å². The van der Waals surface area contributed by atoms with Crippen LogP contribution in [0.15, 0.2) is 95.8 Å². The summed E-state index contributed by atoms with van der Waals surface area (Å²) in [7, 11) is 1.95. The maximum absolute atomic E-state index is 14.0. The molecule has 0 bridgehead atoms. The molecule has 0 saturated carbocycles. The van der Waals surface area contributed by atoms with Crippen molar-refractivity contribution in [2.75, 3.05) is 11.9 Å². The van der Waals surface area contributed by atoms with E-state index in [4.69, 9.17) is 4.98 Å². The van der Waals surface area contributed by atoms with E-state index in [1.807, 2.05) is 61.3 Å². The van der Waals surface area contributed by atoms with Crippen LogP contribution < -0.4 is 10.5 Å². The lowest BCUT2D eigenvalue weighted by Crippen LogP contribution is -2.29. The average Bonchev–Trinajstić information content (AvgIpc) is 2.88. The van der Waals surface area contributed by atoms with Crippen molar-refractivity contribution < 1.29 is 8.78 Å². The molecule has 0 radical (unpaired) electrons. The lowest BCUT2D eigenvalue weighted by atomic mass is 9.97. The highest BCUT2D eigenvalue weighted by Crippen LogP contribution is 2.30. The number of hydrogen-bond acceptors (Lipinski definition) is 3. The first-order chi connectivity index (χ1) is 17.3. The van der Waals surface area contributed by atoms with Crippen molar-refractivity contribution in [3.05, 3.63) is 135 Å². The first-order valence-electron chi connectivity index (χ1n) is 11.7. The molecule has 0 atom stereocenters. The summed E-state index contributed by atoms with van der Waals surface area (Å²) in [5.74, 6) is -0.243. The summed E-state index contributed by atoms with van der Waals surface area (Å²) < 4.78 is 29.0. The van der Waals surface area contributed by atoms with E-state index in [2.05, 4.69) is 0 Å². The van der Waals surface area contributed by atoms with E-state index in [0.717, 1.165) is 11.4 Å². The highest BCUT2D eigenvalue weighted by Gasteiger charge is 2.22. The monoisotopic (exact) mass is 481 g/mol. The summed E-state index contributed by atoms with van der Waals surface area (Å²) >= 11 is 0. The molecule has 36 heavy (non-hydrogen) atoms. The molecule has 0 aliphatic heterocycles. The van der Waals surface area contributed by atoms with Crippen molar-refractivity contribution in [3.63, 3.8) is 0 Å². The Kier molecular flexibility index (Phi) is 6.10. The predicted molar refractivity (Wildman–Crippen MR) is 140 cm³/mol. The van der Waals surface area contributed by atoms with Crippen molar-refractivity contribution in [1.29, 1.82) is 0 Å². The molecule has 0 aliphatic rings. The Labute approximate surface area is 208 Å². The molecule has 5 aromatic rings. The van der Waals surface area contributed by atoms with E-state index in [1.165, 1.54) is 29.8 Å². The highest BCUT2D eigenvalue weighted by atomic mass is 19.1. The summed E-state index contributed by atoms with van der Waals surface area (Å²) in [6.45, 7) is 3.81. The summed E-state index contributed by atoms with van der Waals surface area (Å²) in [6, 6.07) is 25.2. The number of halogens is 2. The van der Waals surface area contributed by atoms with Crippen molar-refractivity contribution in [3.8, 4) is 0 Å². The lowest BCUT2D eigenvalue weighted by Gasteiger charge is -2.24. The summed E-state index contributed by atoms with van der Waals surface area (Å²) in [5.41, 5.74) is 4.77. The second-order valence-corrected chi connectivity index (χ2v) is 8.94. The van der Waals surface area contributed by atoms with E-state index < -0.39 is 6.04 Å². The maximum atomic E-state index is 14.0. The van der Waals surface area contributed by atoms with E-state index in [1.54, 1.807) is 35.8 Å². The SMILES string of the molecule is Cc1ccc(N(C)c2ccc3nc(C)n(C(c4ccc(F)cc4)c4ccc(F)cc4)c(=O)c3c2)cc1. The second-order valence-electron chi connectivity index (χ2n) is 8.94. The third-order valence-corrected chi connectivity index (χ3v) is 6.50. The number of hydrogen-bond donors (Lipinski definition) is 0. The third-order valence-electron chi connectivity index (χ3n) is 6.50. The quantitative estimate of drug-likeness (QED) is 0.280. The highest BCUT2D eigenvalue weighted by molar-refractivity contribution is 5.83. The second kappa shape index (κ2) is 9.38. The van der Waals surface area contributed by atoms with Gasteiger partial charge in [-0.3, -0.25) is 9.36 Å². The fraction of sp³-hybridized carbons (Fsp3) is 0.133. The first kappa shape index (κ1) is 23.4. The van der Waals surface area contributed by atoms with Gasteiger partial charge in [-0.15, -0.1) is 0 Å². The minimum Gasteiger partial charge on any atom is -0.345 e. The van der Waals surface area contributed by atoms with E-state index in [9.17, 15) is 13.6 Å². The maximum Gasteiger partial charge on any atom is 0.262 e. The Bertz CT molecular complexity index is 1550. The number of aromatic nitrogens is 2. The molecule has 5 rings (SSSR count). The number of aryl methyl sites for hydroxylation is 2. The Hall–Kier alpha value is -4.32. The zero-order chi connectivity index (χ0) is 25.4. The van der Waals surface area contributed by atoms with E-state index in [-0.39, 0.29) is 17.2 Å². The van der Waals surface area contributed by atoms with Gasteiger partial charge in [-0.25, -0.2) is 13.8 Å². The van der Waals surface area contributed by atoms with Gasteiger partial charge in [-0.05, 0) is 79.6 Å². The molecule has 0 unspecified atom stereocenters. The molecule has 4 aromatic carbocycles. The molecule has 0 spiro atoms. The molecule has 180 valence electrons.